The van der Waals surface area contributed by atoms with Crippen molar-refractivity contribution < 1.29 is 4.79 Å². The molecule has 0 aliphatic rings. The van der Waals surface area contributed by atoms with Gasteiger partial charge in [-0.15, -0.1) is 0 Å². The lowest BCUT2D eigenvalue weighted by atomic mass is 10.2. The van der Waals surface area contributed by atoms with Crippen LogP contribution >= 0.6 is 11.6 Å². The minimum absolute atomic E-state index is 0.122. The van der Waals surface area contributed by atoms with Crippen LogP contribution in [-0.2, 0) is 4.79 Å². The van der Waals surface area contributed by atoms with Crippen LogP contribution in [0.5, 0.6) is 0 Å². The molecular weight excluding hydrogens is 274 g/mol. The van der Waals surface area contributed by atoms with E-state index < -0.39 is 0 Å². The number of benzene rings is 2. The van der Waals surface area contributed by atoms with E-state index in [1.54, 1.807) is 18.2 Å². The molecule has 0 bridgehead atoms. The summed E-state index contributed by atoms with van der Waals surface area (Å²) in [7, 11) is 0. The molecule has 2 aromatic carbocycles. The number of carbonyl (C=O) groups is 1. The molecular formula is C15H12ClN3O. The zero-order chi connectivity index (χ0) is 14.4. The van der Waals surface area contributed by atoms with Crippen LogP contribution in [0.2, 0.25) is 5.02 Å². The highest BCUT2D eigenvalue weighted by Gasteiger charge is 2.04. The molecule has 20 heavy (non-hydrogen) atoms. The van der Waals surface area contributed by atoms with Gasteiger partial charge in [-0.2, -0.15) is 5.26 Å². The maximum absolute atomic E-state index is 11.7. The second-order valence-electron chi connectivity index (χ2n) is 4.07. The van der Waals surface area contributed by atoms with Gasteiger partial charge in [0.1, 0.15) is 6.07 Å². The maximum Gasteiger partial charge on any atom is 0.243 e. The molecule has 100 valence electrons. The van der Waals surface area contributed by atoms with Gasteiger partial charge in [-0.3, -0.25) is 4.79 Å². The summed E-state index contributed by atoms with van der Waals surface area (Å²) in [5.41, 5.74) is 1.85. The van der Waals surface area contributed by atoms with E-state index in [2.05, 4.69) is 10.6 Å². The Morgan fingerprint density at radius 2 is 1.90 bits per heavy atom. The van der Waals surface area contributed by atoms with Crippen LogP contribution in [0.15, 0.2) is 48.5 Å². The first-order valence-corrected chi connectivity index (χ1v) is 6.35. The molecule has 0 unspecified atom stereocenters. The SMILES string of the molecule is N#Cc1ccc(NCC(=O)Nc2ccccc2)cc1Cl. The fraction of sp³-hybridized carbons (Fsp3) is 0.0667. The molecule has 4 nitrogen and oxygen atoms in total. The summed E-state index contributed by atoms with van der Waals surface area (Å²) < 4.78 is 0. The first-order chi connectivity index (χ1) is 9.69. The Balaban J connectivity index is 1.91. The normalized spacial score (nSPS) is 9.60. The number of nitrogens with one attached hydrogen (secondary N) is 2. The molecule has 1 amide bonds. The van der Waals surface area contributed by atoms with Gasteiger partial charge in [-0.1, -0.05) is 29.8 Å². The molecule has 2 N–H and O–H groups in total. The minimum Gasteiger partial charge on any atom is -0.376 e. The smallest absolute Gasteiger partial charge is 0.243 e. The molecule has 0 saturated heterocycles. The maximum atomic E-state index is 11.7. The number of hydrogen-bond donors (Lipinski definition) is 2. The third kappa shape index (κ3) is 3.74. The molecule has 0 spiro atoms. The number of nitrogens with zero attached hydrogens (tertiary/aromatic N) is 1. The second-order valence-corrected chi connectivity index (χ2v) is 4.48. The van der Waals surface area contributed by atoms with Gasteiger partial charge in [-0.05, 0) is 30.3 Å². The zero-order valence-electron chi connectivity index (χ0n) is 10.6. The van der Waals surface area contributed by atoms with Gasteiger partial charge in [0.15, 0.2) is 0 Å². The number of amides is 1. The molecule has 0 atom stereocenters. The molecule has 0 saturated carbocycles. The van der Waals surface area contributed by atoms with Crippen molar-refractivity contribution in [1.82, 2.24) is 0 Å². The van der Waals surface area contributed by atoms with Gasteiger partial charge in [0.25, 0.3) is 0 Å². The standard InChI is InChI=1S/C15H12ClN3O/c16-14-8-13(7-6-11(14)9-17)18-10-15(20)19-12-4-2-1-3-5-12/h1-8,18H,10H2,(H,19,20). The van der Waals surface area contributed by atoms with Crippen LogP contribution in [0.25, 0.3) is 0 Å². The number of hydrogen-bond acceptors (Lipinski definition) is 3. The van der Waals surface area contributed by atoms with E-state index in [9.17, 15) is 4.79 Å². The van der Waals surface area contributed by atoms with Crippen molar-refractivity contribution in [3.8, 4) is 6.07 Å². The van der Waals surface area contributed by atoms with Crippen LogP contribution in [0.4, 0.5) is 11.4 Å². The lowest BCUT2D eigenvalue weighted by Gasteiger charge is -2.08. The fourth-order valence-corrected chi connectivity index (χ4v) is 1.85. The lowest BCUT2D eigenvalue weighted by Crippen LogP contribution is -2.21. The highest BCUT2D eigenvalue weighted by molar-refractivity contribution is 6.32. The van der Waals surface area contributed by atoms with Gasteiger partial charge in [0.05, 0.1) is 17.1 Å². The topological polar surface area (TPSA) is 64.9 Å². The number of nitriles is 1. The van der Waals surface area contributed by atoms with Gasteiger partial charge in [-0.25, -0.2) is 0 Å². The Morgan fingerprint density at radius 3 is 2.55 bits per heavy atom. The summed E-state index contributed by atoms with van der Waals surface area (Å²) >= 11 is 5.91. The monoisotopic (exact) mass is 285 g/mol. The Kier molecular flexibility index (Phi) is 4.59. The van der Waals surface area contributed by atoms with E-state index in [0.717, 1.165) is 5.69 Å². The van der Waals surface area contributed by atoms with Crippen LogP contribution in [0, 0.1) is 11.3 Å². The average Bonchev–Trinajstić information content (AvgIpc) is 2.46. The number of carbonyl (C=O) groups excluding carboxylic acids is 1. The Morgan fingerprint density at radius 1 is 1.15 bits per heavy atom. The highest BCUT2D eigenvalue weighted by atomic mass is 35.5. The van der Waals surface area contributed by atoms with Crippen molar-refractivity contribution in [1.29, 1.82) is 5.26 Å². The van der Waals surface area contributed by atoms with Crippen molar-refractivity contribution in [3.05, 3.63) is 59.1 Å². The average molecular weight is 286 g/mol. The third-order valence-electron chi connectivity index (χ3n) is 2.60. The van der Waals surface area contributed by atoms with Crippen LogP contribution < -0.4 is 10.6 Å². The van der Waals surface area contributed by atoms with Crippen molar-refractivity contribution in [2.45, 2.75) is 0 Å². The van der Waals surface area contributed by atoms with Gasteiger partial charge >= 0.3 is 0 Å². The van der Waals surface area contributed by atoms with Crippen molar-refractivity contribution in [3.63, 3.8) is 0 Å². The number of anilines is 2. The predicted molar refractivity (Wildman–Crippen MR) is 79.7 cm³/mol. The highest BCUT2D eigenvalue weighted by Crippen LogP contribution is 2.19. The fourth-order valence-electron chi connectivity index (χ4n) is 1.62. The van der Waals surface area contributed by atoms with Crippen molar-refractivity contribution in [2.75, 3.05) is 17.2 Å². The summed E-state index contributed by atoms with van der Waals surface area (Å²) in [6, 6.07) is 16.1. The molecule has 5 heteroatoms. The zero-order valence-corrected chi connectivity index (χ0v) is 11.3. The number of rotatable bonds is 4. The van der Waals surface area contributed by atoms with Crippen LogP contribution in [0.3, 0.4) is 0 Å². The van der Waals surface area contributed by atoms with Crippen LogP contribution in [0.1, 0.15) is 5.56 Å². The second kappa shape index (κ2) is 6.60. The van der Waals surface area contributed by atoms with E-state index in [0.29, 0.717) is 16.3 Å². The molecule has 2 aromatic rings. The molecule has 0 radical (unpaired) electrons. The Labute approximate surface area is 122 Å². The first kappa shape index (κ1) is 13.9. The molecule has 0 heterocycles. The summed E-state index contributed by atoms with van der Waals surface area (Å²) in [4.78, 5) is 11.7. The van der Waals surface area contributed by atoms with E-state index in [1.165, 1.54) is 0 Å². The van der Waals surface area contributed by atoms with E-state index >= 15 is 0 Å². The molecule has 0 aliphatic heterocycles. The largest absolute Gasteiger partial charge is 0.376 e. The lowest BCUT2D eigenvalue weighted by molar-refractivity contribution is -0.114. The van der Waals surface area contributed by atoms with Gasteiger partial charge < -0.3 is 10.6 Å². The summed E-state index contributed by atoms with van der Waals surface area (Å²) in [6.07, 6.45) is 0. The quantitative estimate of drug-likeness (QED) is 0.906. The van der Waals surface area contributed by atoms with E-state index in [-0.39, 0.29) is 12.5 Å². The Hall–Kier alpha value is -2.51. The van der Waals surface area contributed by atoms with Gasteiger partial charge in [0, 0.05) is 11.4 Å². The van der Waals surface area contributed by atoms with Gasteiger partial charge in [0.2, 0.25) is 5.91 Å². The summed E-state index contributed by atoms with van der Waals surface area (Å²) in [5.74, 6) is -0.156. The van der Waals surface area contributed by atoms with E-state index in [4.69, 9.17) is 16.9 Å². The van der Waals surface area contributed by atoms with Crippen molar-refractivity contribution in [2.24, 2.45) is 0 Å². The molecule has 0 aromatic heterocycles. The third-order valence-corrected chi connectivity index (χ3v) is 2.91. The Bertz CT molecular complexity index is 650. The molecule has 2 rings (SSSR count). The minimum atomic E-state index is -0.156. The van der Waals surface area contributed by atoms with E-state index in [1.807, 2.05) is 36.4 Å². The number of para-hydroxylation sites is 1. The predicted octanol–water partition coefficient (Wildman–Crippen LogP) is 3.26. The number of halogens is 1. The summed E-state index contributed by atoms with van der Waals surface area (Å²) in [6.45, 7) is 0.122. The molecule has 0 fully saturated rings. The summed E-state index contributed by atoms with van der Waals surface area (Å²) in [5, 5.41) is 14.8. The van der Waals surface area contributed by atoms with Crippen molar-refractivity contribution >= 4 is 28.9 Å². The molecule has 0 aliphatic carbocycles. The first-order valence-electron chi connectivity index (χ1n) is 5.97. The van der Waals surface area contributed by atoms with Crippen LogP contribution in [-0.4, -0.2) is 12.5 Å².